The minimum absolute atomic E-state index is 0.0679. The number of rotatable bonds is 8. The van der Waals surface area contributed by atoms with E-state index >= 15 is 0 Å². The Labute approximate surface area is 203 Å². The van der Waals surface area contributed by atoms with E-state index in [-0.39, 0.29) is 28.4 Å². The van der Waals surface area contributed by atoms with Crippen LogP contribution in [-0.4, -0.2) is 62.3 Å². The van der Waals surface area contributed by atoms with E-state index in [2.05, 4.69) is 15.1 Å². The topological polar surface area (TPSA) is 114 Å². The van der Waals surface area contributed by atoms with Crippen LogP contribution in [0.4, 0.5) is 5.82 Å². The summed E-state index contributed by atoms with van der Waals surface area (Å²) in [6.45, 7) is 2.58. The predicted molar refractivity (Wildman–Crippen MR) is 130 cm³/mol. The summed E-state index contributed by atoms with van der Waals surface area (Å²) in [5.41, 5.74) is 1.37. The van der Waals surface area contributed by atoms with E-state index in [0.29, 0.717) is 24.5 Å². The molecule has 1 amide bonds. The highest BCUT2D eigenvalue weighted by Crippen LogP contribution is 2.28. The second-order valence-electron chi connectivity index (χ2n) is 7.84. The van der Waals surface area contributed by atoms with Crippen LogP contribution in [0, 0.1) is 5.92 Å². The van der Waals surface area contributed by atoms with Gasteiger partial charge in [-0.3, -0.25) is 4.79 Å². The summed E-state index contributed by atoms with van der Waals surface area (Å²) < 4.78 is 38.1. The van der Waals surface area contributed by atoms with Crippen LogP contribution >= 0.6 is 0 Å². The normalized spacial score (nSPS) is 15.5. The van der Waals surface area contributed by atoms with Gasteiger partial charge in [-0.1, -0.05) is 18.2 Å². The summed E-state index contributed by atoms with van der Waals surface area (Å²) in [7, 11) is -1.11. The second-order valence-corrected chi connectivity index (χ2v) is 9.81. The largest absolute Gasteiger partial charge is 0.493 e. The third kappa shape index (κ3) is 5.09. The Morgan fingerprint density at radius 1 is 1.09 bits per heavy atom. The van der Waals surface area contributed by atoms with Crippen molar-refractivity contribution in [1.29, 1.82) is 0 Å². The monoisotopic (exact) mass is 495 g/mol. The molecule has 3 aromatic rings. The Balaban J connectivity index is 1.39. The molecule has 0 fully saturated rings. The molecular formula is C24H25N5O5S. The lowest BCUT2D eigenvalue weighted by molar-refractivity contribution is 0.0761. The molecule has 0 bridgehead atoms. The fourth-order valence-electron chi connectivity index (χ4n) is 3.54. The van der Waals surface area contributed by atoms with Crippen molar-refractivity contribution in [3.05, 3.63) is 72.6 Å². The first kappa shape index (κ1) is 24.1. The van der Waals surface area contributed by atoms with E-state index in [1.165, 1.54) is 43.7 Å². The molecule has 2 heterocycles. The number of aromatic nitrogens is 2. The molecular weight excluding hydrogens is 470 g/mol. The van der Waals surface area contributed by atoms with Crippen LogP contribution in [0.2, 0.25) is 0 Å². The van der Waals surface area contributed by atoms with Gasteiger partial charge in [0.1, 0.15) is 5.75 Å². The second kappa shape index (κ2) is 10.1. The number of benzene rings is 2. The van der Waals surface area contributed by atoms with Crippen LogP contribution in [0.15, 0.2) is 77.0 Å². The first-order valence-electron chi connectivity index (χ1n) is 10.8. The summed E-state index contributed by atoms with van der Waals surface area (Å²) in [5.74, 6) is 0.462. The molecule has 1 aliphatic heterocycles. The minimum atomic E-state index is -3.89. The molecule has 0 radical (unpaired) electrons. The van der Waals surface area contributed by atoms with Gasteiger partial charge in [0.25, 0.3) is 21.8 Å². The first-order chi connectivity index (χ1) is 16.8. The van der Waals surface area contributed by atoms with Gasteiger partial charge in [-0.15, -0.1) is 0 Å². The molecule has 1 unspecified atom stereocenters. The van der Waals surface area contributed by atoms with Gasteiger partial charge in [-0.25, -0.2) is 27.7 Å². The Kier molecular flexibility index (Phi) is 6.97. The van der Waals surface area contributed by atoms with Crippen molar-refractivity contribution < 1.29 is 22.7 Å². The Hall–Kier alpha value is -3.99. The molecule has 1 aliphatic rings. The van der Waals surface area contributed by atoms with Gasteiger partial charge in [0.2, 0.25) is 5.82 Å². The molecule has 0 aliphatic carbocycles. The molecule has 182 valence electrons. The SMILES string of the molecule is COc1nccnc1N(C)S(=O)(=O)c1ccc(OCC2CN(C(=O)c3ccccc3)N=C2C)cc1. The van der Waals surface area contributed by atoms with Crippen LogP contribution in [0.3, 0.4) is 0 Å². The quantitative estimate of drug-likeness (QED) is 0.472. The van der Waals surface area contributed by atoms with Crippen LogP contribution in [0.25, 0.3) is 0 Å². The zero-order chi connectivity index (χ0) is 25.0. The number of ether oxygens (including phenoxy) is 2. The lowest BCUT2D eigenvalue weighted by atomic mass is 10.1. The van der Waals surface area contributed by atoms with Gasteiger partial charge in [-0.2, -0.15) is 5.10 Å². The maximum Gasteiger partial charge on any atom is 0.273 e. The lowest BCUT2D eigenvalue weighted by Crippen LogP contribution is -2.29. The highest BCUT2D eigenvalue weighted by atomic mass is 32.2. The number of hydrogen-bond acceptors (Lipinski definition) is 8. The molecule has 1 atom stereocenters. The summed E-state index contributed by atoms with van der Waals surface area (Å²) in [6.07, 6.45) is 2.81. The number of carbonyl (C=O) groups excluding carboxylic acids is 1. The summed E-state index contributed by atoms with van der Waals surface area (Å²) >= 11 is 0. The third-order valence-electron chi connectivity index (χ3n) is 5.59. The van der Waals surface area contributed by atoms with Gasteiger partial charge in [-0.05, 0) is 43.3 Å². The van der Waals surface area contributed by atoms with Crippen molar-refractivity contribution in [2.45, 2.75) is 11.8 Å². The van der Waals surface area contributed by atoms with E-state index in [4.69, 9.17) is 9.47 Å². The molecule has 0 N–H and O–H groups in total. The van der Waals surface area contributed by atoms with E-state index < -0.39 is 10.0 Å². The van der Waals surface area contributed by atoms with Crippen LogP contribution in [0.1, 0.15) is 17.3 Å². The fraction of sp³-hybridized carbons (Fsp3) is 0.250. The van der Waals surface area contributed by atoms with Gasteiger partial charge in [0, 0.05) is 30.7 Å². The highest BCUT2D eigenvalue weighted by Gasteiger charge is 2.29. The number of amides is 1. The maximum atomic E-state index is 13.0. The van der Waals surface area contributed by atoms with E-state index in [9.17, 15) is 13.2 Å². The number of nitrogens with zero attached hydrogens (tertiary/aromatic N) is 5. The summed E-state index contributed by atoms with van der Waals surface area (Å²) in [6, 6.07) is 15.1. The highest BCUT2D eigenvalue weighted by molar-refractivity contribution is 7.92. The molecule has 11 heteroatoms. The van der Waals surface area contributed by atoms with Gasteiger partial charge in [0.05, 0.1) is 31.1 Å². The Morgan fingerprint density at radius 3 is 2.46 bits per heavy atom. The van der Waals surface area contributed by atoms with Gasteiger partial charge < -0.3 is 9.47 Å². The fourth-order valence-corrected chi connectivity index (χ4v) is 4.69. The lowest BCUT2D eigenvalue weighted by Gasteiger charge is -2.20. The minimum Gasteiger partial charge on any atom is -0.493 e. The number of anilines is 1. The molecule has 0 spiro atoms. The van der Waals surface area contributed by atoms with Crippen molar-refractivity contribution in [2.75, 3.05) is 31.6 Å². The van der Waals surface area contributed by atoms with Crippen molar-refractivity contribution >= 4 is 27.5 Å². The zero-order valence-electron chi connectivity index (χ0n) is 19.5. The first-order valence-corrected chi connectivity index (χ1v) is 12.2. The molecule has 2 aromatic carbocycles. The summed E-state index contributed by atoms with van der Waals surface area (Å²) in [4.78, 5) is 20.8. The number of carbonyl (C=O) groups is 1. The number of sulfonamides is 1. The predicted octanol–water partition coefficient (Wildman–Crippen LogP) is 2.84. The molecule has 1 aromatic heterocycles. The third-order valence-corrected chi connectivity index (χ3v) is 7.35. The molecule has 4 rings (SSSR count). The van der Waals surface area contributed by atoms with Crippen LogP contribution in [-0.2, 0) is 10.0 Å². The van der Waals surface area contributed by atoms with Gasteiger partial charge >= 0.3 is 0 Å². The smallest absolute Gasteiger partial charge is 0.273 e. The van der Waals surface area contributed by atoms with Crippen LogP contribution < -0.4 is 13.8 Å². The Bertz CT molecular complexity index is 1330. The van der Waals surface area contributed by atoms with Crippen molar-refractivity contribution in [2.24, 2.45) is 11.0 Å². The van der Waals surface area contributed by atoms with Crippen LogP contribution in [0.5, 0.6) is 11.6 Å². The molecule has 35 heavy (non-hydrogen) atoms. The van der Waals surface area contributed by atoms with Crippen molar-refractivity contribution in [3.63, 3.8) is 0 Å². The standard InChI is InChI=1S/C24H25N5O5S/c1-17-19(15-29(27-17)24(30)18-7-5-4-6-8-18)16-34-20-9-11-21(12-10-20)35(31,32)28(2)22-23(33-3)26-14-13-25-22/h4-14,19H,15-16H2,1-3H3. The van der Waals surface area contributed by atoms with Crippen molar-refractivity contribution in [1.82, 2.24) is 15.0 Å². The average molecular weight is 496 g/mol. The number of methoxy groups -OCH3 is 1. The molecule has 0 saturated heterocycles. The van der Waals surface area contributed by atoms with Crippen molar-refractivity contribution in [3.8, 4) is 11.6 Å². The molecule has 0 saturated carbocycles. The van der Waals surface area contributed by atoms with E-state index in [1.54, 1.807) is 24.3 Å². The van der Waals surface area contributed by atoms with E-state index in [0.717, 1.165) is 10.0 Å². The van der Waals surface area contributed by atoms with E-state index in [1.807, 2.05) is 25.1 Å². The number of hydrogen-bond donors (Lipinski definition) is 0. The number of hydrazone groups is 1. The summed E-state index contributed by atoms with van der Waals surface area (Å²) in [5, 5.41) is 5.83. The maximum absolute atomic E-state index is 13.0. The molecule has 10 nitrogen and oxygen atoms in total. The average Bonchev–Trinajstić information content (AvgIpc) is 3.27. The Morgan fingerprint density at radius 2 is 1.77 bits per heavy atom. The van der Waals surface area contributed by atoms with Gasteiger partial charge in [0.15, 0.2) is 0 Å². The zero-order valence-corrected chi connectivity index (χ0v) is 20.3.